The number of aromatic nitrogens is 3. The molecule has 0 aliphatic rings. The van der Waals surface area contributed by atoms with Gasteiger partial charge in [-0.3, -0.25) is 4.98 Å². The Hall–Kier alpha value is -1.49. The van der Waals surface area contributed by atoms with Gasteiger partial charge in [-0.15, -0.1) is 0 Å². The van der Waals surface area contributed by atoms with E-state index in [1.807, 2.05) is 30.6 Å². The zero-order valence-electron chi connectivity index (χ0n) is 11.2. The molecule has 2 aromatic rings. The summed E-state index contributed by atoms with van der Waals surface area (Å²) in [6.07, 6.45) is 5.46. The van der Waals surface area contributed by atoms with Crippen LogP contribution < -0.4 is 4.90 Å². The fourth-order valence-corrected chi connectivity index (χ4v) is 2.18. The maximum absolute atomic E-state index is 4.54. The van der Waals surface area contributed by atoms with Gasteiger partial charge in [0.15, 0.2) is 0 Å². The van der Waals surface area contributed by atoms with Gasteiger partial charge in [-0.05, 0) is 40.0 Å². The van der Waals surface area contributed by atoms with Gasteiger partial charge in [0.25, 0.3) is 0 Å². The van der Waals surface area contributed by atoms with Gasteiger partial charge in [-0.2, -0.15) is 0 Å². The molecule has 0 N–H and O–H groups in total. The van der Waals surface area contributed by atoms with Crippen molar-refractivity contribution in [3.05, 3.63) is 46.6 Å². The lowest BCUT2D eigenvalue weighted by Crippen LogP contribution is -2.22. The van der Waals surface area contributed by atoms with Gasteiger partial charge >= 0.3 is 0 Å². The van der Waals surface area contributed by atoms with Crippen molar-refractivity contribution in [1.29, 1.82) is 0 Å². The second-order valence-electron chi connectivity index (χ2n) is 4.35. The molecule has 0 amide bonds. The fourth-order valence-electron chi connectivity index (χ4n) is 1.77. The zero-order chi connectivity index (χ0) is 13.7. The van der Waals surface area contributed by atoms with Crippen LogP contribution >= 0.6 is 15.9 Å². The van der Waals surface area contributed by atoms with E-state index in [1.54, 1.807) is 0 Å². The third-order valence-electron chi connectivity index (χ3n) is 2.92. The molecule has 100 valence electrons. The SMILES string of the molecule is CCc1nc(Br)cc(N(C)CCc2ccncc2)n1. The number of nitrogens with zero attached hydrogens (tertiary/aromatic N) is 4. The lowest BCUT2D eigenvalue weighted by Gasteiger charge is -2.18. The van der Waals surface area contributed by atoms with Crippen LogP contribution in [-0.4, -0.2) is 28.5 Å². The van der Waals surface area contributed by atoms with Gasteiger partial charge in [0.05, 0.1) is 0 Å². The van der Waals surface area contributed by atoms with Gasteiger partial charge in [0.2, 0.25) is 0 Å². The summed E-state index contributed by atoms with van der Waals surface area (Å²) >= 11 is 3.43. The predicted molar refractivity (Wildman–Crippen MR) is 80.3 cm³/mol. The second-order valence-corrected chi connectivity index (χ2v) is 5.16. The molecule has 0 atom stereocenters. The maximum atomic E-state index is 4.54. The third kappa shape index (κ3) is 3.99. The molecule has 0 aliphatic heterocycles. The summed E-state index contributed by atoms with van der Waals surface area (Å²) in [5.74, 6) is 1.81. The largest absolute Gasteiger partial charge is 0.359 e. The summed E-state index contributed by atoms with van der Waals surface area (Å²) in [6, 6.07) is 6.04. The Labute approximate surface area is 122 Å². The van der Waals surface area contributed by atoms with E-state index >= 15 is 0 Å². The van der Waals surface area contributed by atoms with E-state index in [9.17, 15) is 0 Å². The van der Waals surface area contributed by atoms with Crippen molar-refractivity contribution >= 4 is 21.7 Å². The minimum Gasteiger partial charge on any atom is -0.359 e. The Kier molecular flexibility index (Phi) is 4.85. The molecule has 5 heteroatoms. The molecule has 0 unspecified atom stereocenters. The van der Waals surface area contributed by atoms with Gasteiger partial charge in [-0.1, -0.05) is 6.92 Å². The summed E-state index contributed by atoms with van der Waals surface area (Å²) < 4.78 is 0.838. The molecule has 0 saturated heterocycles. The van der Waals surface area contributed by atoms with Gasteiger partial charge < -0.3 is 4.90 Å². The van der Waals surface area contributed by atoms with Crippen LogP contribution in [0.25, 0.3) is 0 Å². The number of likely N-dealkylation sites (N-methyl/N-ethyl adjacent to an activating group) is 1. The molecule has 0 aliphatic carbocycles. The van der Waals surface area contributed by atoms with Crippen LogP contribution in [0.1, 0.15) is 18.3 Å². The Morgan fingerprint density at radius 1 is 1.21 bits per heavy atom. The van der Waals surface area contributed by atoms with Crippen molar-refractivity contribution in [2.45, 2.75) is 19.8 Å². The Bertz CT molecular complexity index is 530. The molecule has 0 bridgehead atoms. The number of pyridine rings is 1. The first-order valence-electron chi connectivity index (χ1n) is 6.32. The van der Waals surface area contributed by atoms with E-state index in [4.69, 9.17) is 0 Å². The van der Waals surface area contributed by atoms with Crippen molar-refractivity contribution in [2.24, 2.45) is 0 Å². The normalized spacial score (nSPS) is 10.5. The first-order valence-corrected chi connectivity index (χ1v) is 7.12. The van der Waals surface area contributed by atoms with Crippen LogP contribution in [0, 0.1) is 0 Å². The summed E-state index contributed by atoms with van der Waals surface area (Å²) in [6.45, 7) is 2.97. The molecule has 0 fully saturated rings. The van der Waals surface area contributed by atoms with E-state index in [-0.39, 0.29) is 0 Å². The van der Waals surface area contributed by atoms with Crippen LogP contribution in [0.2, 0.25) is 0 Å². The highest BCUT2D eigenvalue weighted by Gasteiger charge is 2.06. The van der Waals surface area contributed by atoms with Crippen LogP contribution in [0.3, 0.4) is 0 Å². The summed E-state index contributed by atoms with van der Waals surface area (Å²) in [5, 5.41) is 0. The van der Waals surface area contributed by atoms with Gasteiger partial charge in [0, 0.05) is 38.5 Å². The van der Waals surface area contributed by atoms with Crippen LogP contribution in [0.4, 0.5) is 5.82 Å². The summed E-state index contributed by atoms with van der Waals surface area (Å²) in [7, 11) is 2.05. The number of rotatable bonds is 5. The van der Waals surface area contributed by atoms with E-state index in [2.05, 4.69) is 49.8 Å². The molecule has 0 radical (unpaired) electrons. The standard InChI is InChI=1S/C14H17BrN4/c1-3-13-17-12(15)10-14(18-13)19(2)9-6-11-4-7-16-8-5-11/h4-5,7-8,10H,3,6,9H2,1-2H3. The molecule has 0 spiro atoms. The van der Waals surface area contributed by atoms with Gasteiger partial charge in [-0.25, -0.2) is 9.97 Å². The Balaban J connectivity index is 2.03. The van der Waals surface area contributed by atoms with Crippen molar-refractivity contribution in [3.8, 4) is 0 Å². The third-order valence-corrected chi connectivity index (χ3v) is 3.33. The van der Waals surface area contributed by atoms with Crippen molar-refractivity contribution in [1.82, 2.24) is 15.0 Å². The minimum absolute atomic E-state index is 0.838. The van der Waals surface area contributed by atoms with Crippen LogP contribution in [-0.2, 0) is 12.8 Å². The predicted octanol–water partition coefficient (Wildman–Crippen LogP) is 2.88. The lowest BCUT2D eigenvalue weighted by molar-refractivity contribution is 0.832. The first-order chi connectivity index (χ1) is 9.19. The topological polar surface area (TPSA) is 41.9 Å². The molecule has 2 heterocycles. The van der Waals surface area contributed by atoms with E-state index in [1.165, 1.54) is 5.56 Å². The van der Waals surface area contributed by atoms with Crippen molar-refractivity contribution in [3.63, 3.8) is 0 Å². The molecular weight excluding hydrogens is 304 g/mol. The smallest absolute Gasteiger partial charge is 0.133 e. The van der Waals surface area contributed by atoms with Crippen LogP contribution in [0.5, 0.6) is 0 Å². The number of aryl methyl sites for hydroxylation is 1. The van der Waals surface area contributed by atoms with Crippen LogP contribution in [0.15, 0.2) is 35.2 Å². The number of halogens is 1. The van der Waals surface area contributed by atoms with Crippen molar-refractivity contribution < 1.29 is 0 Å². The lowest BCUT2D eigenvalue weighted by atomic mass is 10.2. The maximum Gasteiger partial charge on any atom is 0.133 e. The molecule has 2 aromatic heterocycles. The number of hydrogen-bond acceptors (Lipinski definition) is 4. The zero-order valence-corrected chi connectivity index (χ0v) is 12.8. The molecule has 4 nitrogen and oxygen atoms in total. The van der Waals surface area contributed by atoms with E-state index in [0.717, 1.165) is 35.6 Å². The first kappa shape index (κ1) is 13.9. The monoisotopic (exact) mass is 320 g/mol. The Morgan fingerprint density at radius 2 is 1.95 bits per heavy atom. The quantitative estimate of drug-likeness (QED) is 0.794. The van der Waals surface area contributed by atoms with Gasteiger partial charge in [0.1, 0.15) is 16.2 Å². The molecule has 0 aromatic carbocycles. The highest BCUT2D eigenvalue weighted by molar-refractivity contribution is 9.10. The summed E-state index contributed by atoms with van der Waals surface area (Å²) in [5.41, 5.74) is 1.28. The number of anilines is 1. The molecule has 2 rings (SSSR count). The second kappa shape index (κ2) is 6.61. The van der Waals surface area contributed by atoms with E-state index in [0.29, 0.717) is 0 Å². The molecule has 0 saturated carbocycles. The fraction of sp³-hybridized carbons (Fsp3) is 0.357. The Morgan fingerprint density at radius 3 is 2.63 bits per heavy atom. The highest BCUT2D eigenvalue weighted by atomic mass is 79.9. The highest BCUT2D eigenvalue weighted by Crippen LogP contribution is 2.16. The average Bonchev–Trinajstić information content (AvgIpc) is 2.45. The average molecular weight is 321 g/mol. The van der Waals surface area contributed by atoms with Crippen molar-refractivity contribution in [2.75, 3.05) is 18.5 Å². The summed E-state index contributed by atoms with van der Waals surface area (Å²) in [4.78, 5) is 15.0. The molecular formula is C14H17BrN4. The van der Waals surface area contributed by atoms with E-state index < -0.39 is 0 Å². The number of hydrogen-bond donors (Lipinski definition) is 0. The minimum atomic E-state index is 0.838. The molecule has 19 heavy (non-hydrogen) atoms.